The minimum absolute atomic E-state index is 0.0300. The Labute approximate surface area is 384 Å². The van der Waals surface area contributed by atoms with Crippen molar-refractivity contribution in [1.82, 2.24) is 0 Å². The van der Waals surface area contributed by atoms with E-state index >= 15 is 8.78 Å². The van der Waals surface area contributed by atoms with Gasteiger partial charge in [0.05, 0.1) is 25.5 Å². The zero-order valence-corrected chi connectivity index (χ0v) is 39.4. The van der Waals surface area contributed by atoms with E-state index in [1.165, 1.54) is 51.7 Å². The van der Waals surface area contributed by atoms with Crippen LogP contribution in [0.2, 0.25) is 0 Å². The topological polar surface area (TPSA) is 101 Å². The van der Waals surface area contributed by atoms with Crippen LogP contribution in [-0.4, -0.2) is 43.9 Å². The number of anilines is 1. The highest BCUT2D eigenvalue weighted by Gasteiger charge is 2.55. The number of hydroxylamine groups is 1. The van der Waals surface area contributed by atoms with Gasteiger partial charge >= 0.3 is 19.2 Å². The first-order chi connectivity index (χ1) is 31.5. The number of carbonyl (C=O) groups is 2. The Hall–Kier alpha value is -4.93. The first-order valence-electron chi connectivity index (χ1n) is 23.4. The Morgan fingerprint density at radius 3 is 1.77 bits per heavy atom. The molecular formula is C53H66F2NO8P. The first kappa shape index (κ1) is 51.1. The van der Waals surface area contributed by atoms with E-state index in [0.717, 1.165) is 96.6 Å². The van der Waals surface area contributed by atoms with Crippen LogP contribution in [0.25, 0.3) is 16.7 Å². The monoisotopic (exact) mass is 913 g/mol. The van der Waals surface area contributed by atoms with Gasteiger partial charge in [0.1, 0.15) is 5.75 Å². The van der Waals surface area contributed by atoms with Gasteiger partial charge in [-0.2, -0.15) is 8.78 Å². The van der Waals surface area contributed by atoms with Crippen LogP contribution >= 0.6 is 7.60 Å². The molecule has 1 unspecified atom stereocenters. The molecule has 5 rings (SSSR count). The van der Waals surface area contributed by atoms with Crippen LogP contribution in [0, 0.1) is 0 Å². The molecule has 0 radical (unpaired) electrons. The fourth-order valence-corrected chi connectivity index (χ4v) is 9.07. The van der Waals surface area contributed by atoms with Crippen molar-refractivity contribution < 1.29 is 46.3 Å². The van der Waals surface area contributed by atoms with Crippen molar-refractivity contribution >= 4 is 30.7 Å². The van der Waals surface area contributed by atoms with E-state index in [9.17, 15) is 14.2 Å². The molecule has 0 saturated heterocycles. The summed E-state index contributed by atoms with van der Waals surface area (Å²) in [6, 6.07) is 28.7. The molecular weight excluding hydrogens is 848 g/mol. The summed E-state index contributed by atoms with van der Waals surface area (Å²) in [5.41, 5.74) is -2.55. The lowest BCUT2D eigenvalue weighted by molar-refractivity contribution is -0.166. The predicted octanol–water partition coefficient (Wildman–Crippen LogP) is 14.7. The van der Waals surface area contributed by atoms with Crippen LogP contribution in [0.4, 0.5) is 14.5 Å². The van der Waals surface area contributed by atoms with Crippen molar-refractivity contribution in [2.24, 2.45) is 0 Å². The number of benzene rings is 4. The molecule has 0 saturated carbocycles. The van der Waals surface area contributed by atoms with Gasteiger partial charge < -0.3 is 23.4 Å². The summed E-state index contributed by atoms with van der Waals surface area (Å²) in [6.07, 6.45) is 18.7. The first-order valence-corrected chi connectivity index (χ1v) is 24.9. The van der Waals surface area contributed by atoms with Gasteiger partial charge in [0.2, 0.25) is 0 Å². The lowest BCUT2D eigenvalue weighted by atomic mass is 9.89. The highest BCUT2D eigenvalue weighted by atomic mass is 31.2. The SMILES string of the molecule is CCCCCCCCOc1ccc(-c2ccc(C(=O)N(OC(=O)C3(OCCCCCCCC)C=CC(c4ccccc4)=CC3)c3ccc(C(F)(F)P(=O)(OCC)OCC)cc3)cc2)cc1. The van der Waals surface area contributed by atoms with Gasteiger partial charge in [-0.05, 0) is 91.4 Å². The van der Waals surface area contributed by atoms with Crippen molar-refractivity contribution in [2.75, 3.05) is 31.5 Å². The molecule has 9 nitrogen and oxygen atoms in total. The van der Waals surface area contributed by atoms with Gasteiger partial charge in [0.15, 0.2) is 5.60 Å². The quantitative estimate of drug-likeness (QED) is 0.0331. The molecule has 4 aromatic carbocycles. The Bertz CT molecular complexity index is 2170. The number of allylic oxidation sites excluding steroid dienone is 2. The Morgan fingerprint density at radius 2 is 1.22 bits per heavy atom. The van der Waals surface area contributed by atoms with Crippen LogP contribution < -0.4 is 9.80 Å². The Balaban J connectivity index is 1.41. The molecule has 0 aliphatic heterocycles. The molecule has 1 atom stereocenters. The zero-order valence-electron chi connectivity index (χ0n) is 38.5. The molecule has 1 aliphatic carbocycles. The fourth-order valence-electron chi connectivity index (χ4n) is 7.53. The number of amides is 1. The third kappa shape index (κ3) is 14.0. The van der Waals surface area contributed by atoms with Crippen LogP contribution in [0.3, 0.4) is 0 Å². The molecule has 0 heterocycles. The maximum atomic E-state index is 15.8. The van der Waals surface area contributed by atoms with Crippen LogP contribution in [0.5, 0.6) is 5.75 Å². The fraction of sp³-hybridized carbons (Fsp3) is 0.434. The molecule has 65 heavy (non-hydrogen) atoms. The molecule has 1 aliphatic rings. The average Bonchev–Trinajstić information content (AvgIpc) is 3.33. The van der Waals surface area contributed by atoms with Crippen molar-refractivity contribution in [3.05, 3.63) is 138 Å². The number of unbranched alkanes of at least 4 members (excludes halogenated alkanes) is 10. The number of hydrogen-bond donors (Lipinski definition) is 0. The summed E-state index contributed by atoms with van der Waals surface area (Å²) in [5, 5.41) is 0.792. The number of halogens is 2. The van der Waals surface area contributed by atoms with Crippen LogP contribution in [0.1, 0.15) is 133 Å². The number of nitrogens with zero attached hydrogens (tertiary/aromatic N) is 1. The smallest absolute Gasteiger partial charge is 0.404 e. The van der Waals surface area contributed by atoms with E-state index in [-0.39, 0.29) is 37.5 Å². The number of carbonyl (C=O) groups excluding carboxylic acids is 2. The normalized spacial score (nSPS) is 15.1. The van der Waals surface area contributed by atoms with Gasteiger partial charge in [0.25, 0.3) is 5.91 Å². The second kappa shape index (κ2) is 25.7. The highest BCUT2D eigenvalue weighted by Crippen LogP contribution is 2.66. The molecule has 4 aromatic rings. The van der Waals surface area contributed by atoms with E-state index in [0.29, 0.717) is 6.61 Å². The van der Waals surface area contributed by atoms with Gasteiger partial charge in [-0.1, -0.05) is 157 Å². The predicted molar refractivity (Wildman–Crippen MR) is 255 cm³/mol. The van der Waals surface area contributed by atoms with Gasteiger partial charge in [-0.25, -0.2) is 4.79 Å². The standard InChI is InChI=1S/C53H66F2NO8P/c1-5-9-11-13-15-20-40-60-49-34-28-44(29-35-49)43-24-26-46(27-25-43)50(57)56(48-32-30-47(31-33-48)53(54,55)65(59,62-7-3)63-8-4)64-51(58)52(61-41-21-16-14-12-10-6-2)38-36-45(37-39-52)42-22-18-17-19-23-42/h17-19,22-38H,5-16,20-21,39-41H2,1-4H3. The third-order valence-electron chi connectivity index (χ3n) is 11.3. The highest BCUT2D eigenvalue weighted by molar-refractivity contribution is 7.54. The summed E-state index contributed by atoms with van der Waals surface area (Å²) in [6.45, 7) is 7.66. The summed E-state index contributed by atoms with van der Waals surface area (Å²) in [5.74, 6) is -0.816. The van der Waals surface area contributed by atoms with E-state index in [1.54, 1.807) is 30.3 Å². The molecule has 0 spiro atoms. The molecule has 0 N–H and O–H groups in total. The van der Waals surface area contributed by atoms with Gasteiger partial charge in [-0.15, -0.1) is 5.06 Å². The summed E-state index contributed by atoms with van der Waals surface area (Å²) < 4.78 is 67.3. The number of alkyl halides is 2. The van der Waals surface area contributed by atoms with E-state index in [1.807, 2.05) is 66.7 Å². The molecule has 12 heteroatoms. The van der Waals surface area contributed by atoms with Crippen molar-refractivity contribution in [2.45, 2.75) is 122 Å². The van der Waals surface area contributed by atoms with E-state index in [2.05, 4.69) is 13.8 Å². The molecule has 1 amide bonds. The summed E-state index contributed by atoms with van der Waals surface area (Å²) >= 11 is 0. The van der Waals surface area contributed by atoms with Gasteiger partial charge in [0, 0.05) is 24.2 Å². The van der Waals surface area contributed by atoms with Gasteiger partial charge in [-0.3, -0.25) is 9.36 Å². The van der Waals surface area contributed by atoms with Crippen molar-refractivity contribution in [3.63, 3.8) is 0 Å². The second-order valence-corrected chi connectivity index (χ2v) is 18.3. The Kier molecular flexibility index (Phi) is 20.2. The molecule has 350 valence electrons. The largest absolute Gasteiger partial charge is 0.494 e. The van der Waals surface area contributed by atoms with Crippen molar-refractivity contribution in [3.8, 4) is 16.9 Å². The summed E-state index contributed by atoms with van der Waals surface area (Å²) in [7, 11) is -4.93. The zero-order chi connectivity index (χ0) is 46.5. The van der Waals surface area contributed by atoms with E-state index in [4.69, 9.17) is 23.4 Å². The second-order valence-electron chi connectivity index (χ2n) is 16.2. The average molecular weight is 914 g/mol. The third-order valence-corrected chi connectivity index (χ3v) is 13.4. The molecule has 0 fully saturated rings. The van der Waals surface area contributed by atoms with Crippen molar-refractivity contribution in [1.29, 1.82) is 0 Å². The molecule has 0 aromatic heterocycles. The lowest BCUT2D eigenvalue weighted by Crippen LogP contribution is -2.46. The maximum absolute atomic E-state index is 15.8. The maximum Gasteiger partial charge on any atom is 0.404 e. The summed E-state index contributed by atoms with van der Waals surface area (Å²) in [4.78, 5) is 35.1. The molecule has 0 bridgehead atoms. The minimum atomic E-state index is -4.93. The number of rotatable bonds is 27. The van der Waals surface area contributed by atoms with Crippen LogP contribution in [-0.2, 0) is 33.6 Å². The number of ether oxygens (including phenoxy) is 2. The Morgan fingerprint density at radius 1 is 0.662 bits per heavy atom. The lowest BCUT2D eigenvalue weighted by Gasteiger charge is -2.32. The van der Waals surface area contributed by atoms with E-state index < -0.39 is 36.3 Å². The van der Waals surface area contributed by atoms with Crippen LogP contribution in [0.15, 0.2) is 121 Å². The number of hydrogen-bond acceptors (Lipinski definition) is 8. The minimum Gasteiger partial charge on any atom is -0.494 e.